The summed E-state index contributed by atoms with van der Waals surface area (Å²) in [7, 11) is 0. The molecule has 1 aromatic carbocycles. The van der Waals surface area contributed by atoms with Crippen LogP contribution >= 0.6 is 0 Å². The number of aromatic nitrogens is 2. The lowest BCUT2D eigenvalue weighted by molar-refractivity contribution is 0.319. The lowest BCUT2D eigenvalue weighted by atomic mass is 10.2. The van der Waals surface area contributed by atoms with E-state index in [4.69, 9.17) is 10.5 Å². The smallest absolute Gasteiger partial charge is 0.144 e. The molecule has 0 spiro atoms. The summed E-state index contributed by atoms with van der Waals surface area (Å²) in [5.41, 5.74) is 7.71. The number of aryl methyl sites for hydroxylation is 1. The van der Waals surface area contributed by atoms with Crippen LogP contribution < -0.4 is 15.8 Å². The summed E-state index contributed by atoms with van der Waals surface area (Å²) in [4.78, 5) is 0. The van der Waals surface area contributed by atoms with Gasteiger partial charge in [0.2, 0.25) is 0 Å². The summed E-state index contributed by atoms with van der Waals surface area (Å²) in [6.07, 6.45) is 5.72. The Morgan fingerprint density at radius 3 is 3.00 bits per heavy atom. The van der Waals surface area contributed by atoms with Gasteiger partial charge in [-0.3, -0.25) is 4.68 Å². The summed E-state index contributed by atoms with van der Waals surface area (Å²) < 4.78 is 7.54. The van der Waals surface area contributed by atoms with Gasteiger partial charge in [-0.2, -0.15) is 5.10 Å². The molecular formula is C15H22N4O. The van der Waals surface area contributed by atoms with Crippen LogP contribution in [0.25, 0.3) is 0 Å². The number of benzene rings is 1. The van der Waals surface area contributed by atoms with Gasteiger partial charge < -0.3 is 15.8 Å². The fourth-order valence-electron chi connectivity index (χ4n) is 1.93. The summed E-state index contributed by atoms with van der Waals surface area (Å²) in [5.74, 6) is 0.754. The third-order valence-electron chi connectivity index (χ3n) is 2.97. The Balaban J connectivity index is 1.82. The second-order valence-corrected chi connectivity index (χ2v) is 4.62. The van der Waals surface area contributed by atoms with Gasteiger partial charge in [-0.05, 0) is 31.0 Å². The van der Waals surface area contributed by atoms with Gasteiger partial charge in [0.1, 0.15) is 5.75 Å². The molecule has 2 rings (SSSR count). The van der Waals surface area contributed by atoms with E-state index in [1.165, 1.54) is 0 Å². The number of anilines is 2. The molecule has 0 radical (unpaired) electrons. The van der Waals surface area contributed by atoms with Gasteiger partial charge in [0.15, 0.2) is 0 Å². The van der Waals surface area contributed by atoms with Crippen molar-refractivity contribution in [3.8, 4) is 5.75 Å². The number of rotatable bonds is 8. The molecule has 0 atom stereocenters. The van der Waals surface area contributed by atoms with Crippen molar-refractivity contribution in [2.45, 2.75) is 26.3 Å². The molecule has 0 fully saturated rings. The summed E-state index contributed by atoms with van der Waals surface area (Å²) in [6.45, 7) is 4.51. The fraction of sp³-hybridized carbons (Fsp3) is 0.400. The van der Waals surface area contributed by atoms with Gasteiger partial charge in [0.25, 0.3) is 0 Å². The summed E-state index contributed by atoms with van der Waals surface area (Å²) >= 11 is 0. The van der Waals surface area contributed by atoms with Crippen LogP contribution in [0.3, 0.4) is 0 Å². The Bertz CT molecular complexity index is 511. The molecule has 1 heterocycles. The van der Waals surface area contributed by atoms with Crippen LogP contribution in [0.2, 0.25) is 0 Å². The SMILES string of the molecule is CCCOc1cccc(NCCCn2cccn2)c1N. The molecule has 20 heavy (non-hydrogen) atoms. The topological polar surface area (TPSA) is 65.1 Å². The maximum Gasteiger partial charge on any atom is 0.144 e. The number of hydrogen-bond acceptors (Lipinski definition) is 4. The van der Waals surface area contributed by atoms with Crippen molar-refractivity contribution in [3.63, 3.8) is 0 Å². The van der Waals surface area contributed by atoms with Gasteiger partial charge in [-0.25, -0.2) is 0 Å². The first-order valence-electron chi connectivity index (χ1n) is 7.04. The van der Waals surface area contributed by atoms with E-state index in [9.17, 15) is 0 Å². The maximum atomic E-state index is 6.10. The van der Waals surface area contributed by atoms with E-state index in [0.29, 0.717) is 12.3 Å². The quantitative estimate of drug-likeness (QED) is 0.574. The normalized spacial score (nSPS) is 10.4. The van der Waals surface area contributed by atoms with E-state index in [2.05, 4.69) is 17.3 Å². The molecule has 3 N–H and O–H groups in total. The van der Waals surface area contributed by atoms with Gasteiger partial charge in [0, 0.05) is 25.5 Å². The predicted octanol–water partition coefficient (Wildman–Crippen LogP) is 2.76. The molecule has 0 saturated heterocycles. The van der Waals surface area contributed by atoms with Crippen molar-refractivity contribution < 1.29 is 4.74 Å². The molecule has 0 unspecified atom stereocenters. The van der Waals surface area contributed by atoms with Gasteiger partial charge in [-0.1, -0.05) is 13.0 Å². The van der Waals surface area contributed by atoms with Crippen molar-refractivity contribution >= 4 is 11.4 Å². The number of hydrogen-bond donors (Lipinski definition) is 2. The number of nitrogens with zero attached hydrogens (tertiary/aromatic N) is 2. The van der Waals surface area contributed by atoms with E-state index in [-0.39, 0.29) is 0 Å². The van der Waals surface area contributed by atoms with E-state index in [1.807, 2.05) is 35.1 Å². The van der Waals surface area contributed by atoms with Crippen molar-refractivity contribution in [2.75, 3.05) is 24.2 Å². The predicted molar refractivity (Wildman–Crippen MR) is 82.0 cm³/mol. The highest BCUT2D eigenvalue weighted by Gasteiger charge is 2.05. The standard InChI is InChI=1S/C15H22N4O/c1-2-12-20-14-7-3-6-13(15(14)16)17-8-4-10-19-11-5-9-18-19/h3,5-7,9,11,17H,2,4,8,10,12,16H2,1H3. The average molecular weight is 274 g/mol. The Labute approximate surface area is 119 Å². The molecule has 5 heteroatoms. The molecule has 0 aliphatic heterocycles. The molecule has 0 saturated carbocycles. The molecular weight excluding hydrogens is 252 g/mol. The Hall–Kier alpha value is -2.17. The zero-order valence-corrected chi connectivity index (χ0v) is 11.9. The minimum Gasteiger partial charge on any atom is -0.491 e. The average Bonchev–Trinajstić information content (AvgIpc) is 2.97. The second kappa shape index (κ2) is 7.43. The minimum atomic E-state index is 0.681. The van der Waals surface area contributed by atoms with Crippen molar-refractivity contribution in [1.82, 2.24) is 9.78 Å². The van der Waals surface area contributed by atoms with Crippen LogP contribution in [-0.2, 0) is 6.54 Å². The molecule has 0 bridgehead atoms. The monoisotopic (exact) mass is 274 g/mol. The highest BCUT2D eigenvalue weighted by molar-refractivity contribution is 5.72. The van der Waals surface area contributed by atoms with Crippen LogP contribution in [0.1, 0.15) is 19.8 Å². The first kappa shape index (κ1) is 14.2. The van der Waals surface area contributed by atoms with Crippen LogP contribution in [0, 0.1) is 0 Å². The highest BCUT2D eigenvalue weighted by Crippen LogP contribution is 2.29. The van der Waals surface area contributed by atoms with Crippen molar-refractivity contribution in [1.29, 1.82) is 0 Å². The van der Waals surface area contributed by atoms with Crippen LogP contribution in [0.15, 0.2) is 36.7 Å². The van der Waals surface area contributed by atoms with Crippen LogP contribution in [-0.4, -0.2) is 22.9 Å². The summed E-state index contributed by atoms with van der Waals surface area (Å²) in [6, 6.07) is 7.76. The Morgan fingerprint density at radius 1 is 1.35 bits per heavy atom. The number of nitrogens with two attached hydrogens (primary N) is 1. The number of ether oxygens (including phenoxy) is 1. The molecule has 2 aromatic rings. The van der Waals surface area contributed by atoms with Crippen molar-refractivity contribution in [3.05, 3.63) is 36.7 Å². The Morgan fingerprint density at radius 2 is 2.25 bits per heavy atom. The second-order valence-electron chi connectivity index (χ2n) is 4.62. The van der Waals surface area contributed by atoms with Crippen molar-refractivity contribution in [2.24, 2.45) is 0 Å². The molecule has 1 aromatic heterocycles. The van der Waals surface area contributed by atoms with E-state index in [0.717, 1.165) is 37.4 Å². The molecule has 0 aliphatic rings. The fourth-order valence-corrected chi connectivity index (χ4v) is 1.93. The number of para-hydroxylation sites is 1. The first-order valence-corrected chi connectivity index (χ1v) is 7.04. The molecule has 0 aliphatic carbocycles. The Kier molecular flexibility index (Phi) is 5.29. The van der Waals surface area contributed by atoms with Gasteiger partial charge >= 0.3 is 0 Å². The number of nitrogen functional groups attached to an aromatic ring is 1. The lowest BCUT2D eigenvalue weighted by Crippen LogP contribution is -2.09. The third-order valence-corrected chi connectivity index (χ3v) is 2.97. The van der Waals surface area contributed by atoms with Gasteiger partial charge in [0.05, 0.1) is 18.0 Å². The third kappa shape index (κ3) is 3.91. The molecule has 0 amide bonds. The minimum absolute atomic E-state index is 0.681. The van der Waals surface area contributed by atoms with E-state index >= 15 is 0 Å². The largest absolute Gasteiger partial charge is 0.491 e. The molecule has 5 nitrogen and oxygen atoms in total. The summed E-state index contributed by atoms with van der Waals surface area (Å²) in [5, 5.41) is 7.52. The molecule has 108 valence electrons. The highest BCUT2D eigenvalue weighted by atomic mass is 16.5. The van der Waals surface area contributed by atoms with Crippen LogP contribution in [0.4, 0.5) is 11.4 Å². The zero-order chi connectivity index (χ0) is 14.2. The van der Waals surface area contributed by atoms with Gasteiger partial charge in [-0.15, -0.1) is 0 Å². The first-order chi connectivity index (χ1) is 9.81. The maximum absolute atomic E-state index is 6.10. The lowest BCUT2D eigenvalue weighted by Gasteiger charge is -2.13. The number of nitrogens with one attached hydrogen (secondary N) is 1. The van der Waals surface area contributed by atoms with E-state index in [1.54, 1.807) is 6.20 Å². The van der Waals surface area contributed by atoms with E-state index < -0.39 is 0 Å². The zero-order valence-electron chi connectivity index (χ0n) is 11.9. The van der Waals surface area contributed by atoms with Crippen LogP contribution in [0.5, 0.6) is 5.75 Å².